The summed E-state index contributed by atoms with van der Waals surface area (Å²) in [7, 11) is 0. The first kappa shape index (κ1) is 22.1. The molecule has 0 aliphatic carbocycles. The molecule has 0 saturated heterocycles. The number of para-hydroxylation sites is 1. The van der Waals surface area contributed by atoms with Crippen molar-refractivity contribution in [2.24, 2.45) is 10.2 Å². The number of aromatic hydroxyl groups is 1. The number of phenols is 1. The maximum Gasteiger partial charge on any atom is 0.275 e. The Hall–Kier alpha value is -4.71. The number of hydrogen-bond acceptors (Lipinski definition) is 5. The van der Waals surface area contributed by atoms with Crippen LogP contribution in [0.4, 0.5) is 5.69 Å². The summed E-state index contributed by atoms with van der Waals surface area (Å²) < 4.78 is 0. The van der Waals surface area contributed by atoms with E-state index in [1.165, 1.54) is 11.6 Å². The quantitative estimate of drug-likeness (QED) is 0.294. The summed E-state index contributed by atoms with van der Waals surface area (Å²) in [5.74, 6) is -0.555. The van der Waals surface area contributed by atoms with Crippen molar-refractivity contribution in [1.82, 2.24) is 5.43 Å². The highest BCUT2D eigenvalue weighted by molar-refractivity contribution is 6.03. The first-order valence-electron chi connectivity index (χ1n) is 11.4. The van der Waals surface area contributed by atoms with E-state index in [0.29, 0.717) is 0 Å². The second-order valence-corrected chi connectivity index (χ2v) is 8.20. The molecule has 0 fully saturated rings. The zero-order valence-electron chi connectivity index (χ0n) is 19.0. The van der Waals surface area contributed by atoms with Gasteiger partial charge in [-0.25, -0.2) is 5.43 Å². The highest BCUT2D eigenvalue weighted by atomic mass is 16.3. The van der Waals surface area contributed by atoms with Gasteiger partial charge in [0.05, 0.1) is 29.2 Å². The second-order valence-electron chi connectivity index (χ2n) is 8.20. The van der Waals surface area contributed by atoms with Gasteiger partial charge in [0.15, 0.2) is 0 Å². The monoisotopic (exact) mass is 460 g/mol. The Morgan fingerprint density at radius 2 is 1.54 bits per heavy atom. The molecule has 0 unspecified atom stereocenters. The molecule has 5 rings (SSSR count). The SMILES string of the molecule is O=C(NN=Cc1ccc(N2N=C(c3ccccc3)C[C@H]2c2ccccc2)cc1)c1ccccc1O. The van der Waals surface area contributed by atoms with Crippen LogP contribution in [0.5, 0.6) is 5.75 Å². The minimum atomic E-state index is -0.471. The van der Waals surface area contributed by atoms with E-state index in [-0.39, 0.29) is 17.4 Å². The summed E-state index contributed by atoms with van der Waals surface area (Å²) in [5, 5.41) is 20.9. The lowest BCUT2D eigenvalue weighted by molar-refractivity contribution is 0.0952. The Kier molecular flexibility index (Phi) is 6.35. The van der Waals surface area contributed by atoms with Crippen molar-refractivity contribution in [2.45, 2.75) is 12.5 Å². The Morgan fingerprint density at radius 1 is 0.886 bits per heavy atom. The smallest absolute Gasteiger partial charge is 0.275 e. The van der Waals surface area contributed by atoms with E-state index in [0.717, 1.165) is 28.9 Å². The van der Waals surface area contributed by atoms with Gasteiger partial charge in [0.2, 0.25) is 0 Å². The molecule has 1 heterocycles. The zero-order chi connectivity index (χ0) is 24.0. The van der Waals surface area contributed by atoms with Gasteiger partial charge in [-0.05, 0) is 41.0 Å². The van der Waals surface area contributed by atoms with Gasteiger partial charge in [0, 0.05) is 6.42 Å². The largest absolute Gasteiger partial charge is 0.507 e. The lowest BCUT2D eigenvalue weighted by Gasteiger charge is -2.24. The molecule has 0 bridgehead atoms. The number of anilines is 1. The molecule has 6 heteroatoms. The Bertz CT molecular complexity index is 1370. The fourth-order valence-corrected chi connectivity index (χ4v) is 4.09. The number of benzene rings is 4. The summed E-state index contributed by atoms with van der Waals surface area (Å²) in [6.07, 6.45) is 2.38. The minimum absolute atomic E-state index is 0.0847. The standard InChI is InChI=1S/C29H24N4O2/c34-28-14-8-7-13-25(28)29(35)31-30-20-21-15-17-24(18-16-21)33-27(23-11-5-2-6-12-23)19-26(32-33)22-9-3-1-4-10-22/h1-18,20,27,34H,19H2,(H,31,35)/t27-/m0/s1. The number of rotatable bonds is 6. The molecule has 6 nitrogen and oxygen atoms in total. The van der Waals surface area contributed by atoms with E-state index in [1.807, 2.05) is 48.5 Å². The van der Waals surface area contributed by atoms with E-state index >= 15 is 0 Å². The normalized spacial score (nSPS) is 15.3. The first-order valence-corrected chi connectivity index (χ1v) is 11.4. The van der Waals surface area contributed by atoms with Gasteiger partial charge in [-0.1, -0.05) is 84.9 Å². The molecule has 0 saturated carbocycles. The van der Waals surface area contributed by atoms with Crippen molar-refractivity contribution >= 4 is 23.5 Å². The number of hydrazone groups is 2. The van der Waals surface area contributed by atoms with Crippen molar-refractivity contribution in [1.29, 1.82) is 0 Å². The summed E-state index contributed by atoms with van der Waals surface area (Å²) >= 11 is 0. The third-order valence-electron chi connectivity index (χ3n) is 5.89. The number of amides is 1. The van der Waals surface area contributed by atoms with Gasteiger partial charge in [0.25, 0.3) is 5.91 Å². The van der Waals surface area contributed by atoms with E-state index in [2.05, 4.69) is 51.9 Å². The van der Waals surface area contributed by atoms with Crippen LogP contribution in [-0.4, -0.2) is 22.9 Å². The first-order chi connectivity index (χ1) is 17.2. The van der Waals surface area contributed by atoms with Crippen LogP contribution in [-0.2, 0) is 0 Å². The number of carbonyl (C=O) groups is 1. The third-order valence-corrected chi connectivity index (χ3v) is 5.89. The molecule has 4 aromatic rings. The van der Waals surface area contributed by atoms with Crippen molar-refractivity contribution in [3.63, 3.8) is 0 Å². The van der Waals surface area contributed by atoms with Crippen LogP contribution in [0.3, 0.4) is 0 Å². The van der Waals surface area contributed by atoms with Crippen LogP contribution < -0.4 is 10.4 Å². The van der Waals surface area contributed by atoms with Gasteiger partial charge in [-0.2, -0.15) is 10.2 Å². The Labute approximate surface area is 203 Å². The predicted octanol–water partition coefficient (Wildman–Crippen LogP) is 5.51. The number of carbonyl (C=O) groups excluding carboxylic acids is 1. The lowest BCUT2D eigenvalue weighted by atomic mass is 9.98. The highest BCUT2D eigenvalue weighted by Crippen LogP contribution is 2.36. The summed E-state index contributed by atoms with van der Waals surface area (Å²) in [6.45, 7) is 0. The van der Waals surface area contributed by atoms with Crippen LogP contribution in [0, 0.1) is 0 Å². The number of nitrogens with zero attached hydrogens (tertiary/aromatic N) is 3. The predicted molar refractivity (Wildman–Crippen MR) is 139 cm³/mol. The van der Waals surface area contributed by atoms with Crippen LogP contribution >= 0.6 is 0 Å². The summed E-state index contributed by atoms with van der Waals surface area (Å²) in [4.78, 5) is 12.2. The highest BCUT2D eigenvalue weighted by Gasteiger charge is 2.29. The van der Waals surface area contributed by atoms with Gasteiger partial charge in [-0.3, -0.25) is 9.80 Å². The Balaban J connectivity index is 1.34. The molecule has 1 aliphatic rings. The van der Waals surface area contributed by atoms with Crippen molar-refractivity contribution in [3.05, 3.63) is 131 Å². The molecule has 4 aromatic carbocycles. The van der Waals surface area contributed by atoms with E-state index in [4.69, 9.17) is 5.10 Å². The average Bonchev–Trinajstić information content (AvgIpc) is 3.36. The second kappa shape index (κ2) is 10.1. The number of hydrogen-bond donors (Lipinski definition) is 2. The van der Waals surface area contributed by atoms with Gasteiger partial charge in [-0.15, -0.1) is 0 Å². The molecule has 1 atom stereocenters. The molecule has 0 spiro atoms. The summed E-state index contributed by atoms with van der Waals surface area (Å²) in [6, 6.07) is 35.0. The summed E-state index contributed by atoms with van der Waals surface area (Å²) in [5.41, 5.74) is 7.81. The maximum absolute atomic E-state index is 12.2. The van der Waals surface area contributed by atoms with Crippen LogP contribution in [0.15, 0.2) is 119 Å². The van der Waals surface area contributed by atoms with E-state index in [1.54, 1.807) is 24.4 Å². The molecule has 172 valence electrons. The zero-order valence-corrected chi connectivity index (χ0v) is 19.0. The van der Waals surface area contributed by atoms with Gasteiger partial charge >= 0.3 is 0 Å². The molecular formula is C29H24N4O2. The molecule has 35 heavy (non-hydrogen) atoms. The fourth-order valence-electron chi connectivity index (χ4n) is 4.09. The van der Waals surface area contributed by atoms with Crippen molar-refractivity contribution in [3.8, 4) is 5.75 Å². The van der Waals surface area contributed by atoms with Crippen molar-refractivity contribution in [2.75, 3.05) is 5.01 Å². The van der Waals surface area contributed by atoms with Crippen LogP contribution in [0.1, 0.15) is 39.5 Å². The third kappa shape index (κ3) is 4.96. The molecular weight excluding hydrogens is 436 g/mol. The number of phenolic OH excluding ortho intramolecular Hbond substituents is 1. The Morgan fingerprint density at radius 3 is 2.26 bits per heavy atom. The average molecular weight is 461 g/mol. The number of nitrogens with one attached hydrogen (secondary N) is 1. The molecule has 2 N–H and O–H groups in total. The molecule has 1 aliphatic heterocycles. The molecule has 0 aromatic heterocycles. The van der Waals surface area contributed by atoms with Crippen LogP contribution in [0.2, 0.25) is 0 Å². The maximum atomic E-state index is 12.2. The van der Waals surface area contributed by atoms with Crippen molar-refractivity contribution < 1.29 is 9.90 Å². The van der Waals surface area contributed by atoms with Crippen LogP contribution in [0.25, 0.3) is 0 Å². The van der Waals surface area contributed by atoms with E-state index < -0.39 is 5.91 Å². The minimum Gasteiger partial charge on any atom is -0.507 e. The van der Waals surface area contributed by atoms with Gasteiger partial charge < -0.3 is 5.11 Å². The molecule has 1 amide bonds. The fraction of sp³-hybridized carbons (Fsp3) is 0.0690. The lowest BCUT2D eigenvalue weighted by Crippen LogP contribution is -2.18. The van der Waals surface area contributed by atoms with Gasteiger partial charge in [0.1, 0.15) is 5.75 Å². The van der Waals surface area contributed by atoms with E-state index in [9.17, 15) is 9.90 Å². The molecule has 0 radical (unpaired) electrons. The topological polar surface area (TPSA) is 77.3 Å².